The van der Waals surface area contributed by atoms with Crippen LogP contribution in [-0.2, 0) is 11.8 Å². The number of aromatic nitrogens is 2. The van der Waals surface area contributed by atoms with E-state index >= 15 is 0 Å². The van der Waals surface area contributed by atoms with Crippen molar-refractivity contribution in [2.24, 2.45) is 7.05 Å². The van der Waals surface area contributed by atoms with Gasteiger partial charge in [0.1, 0.15) is 0 Å². The lowest BCUT2D eigenvalue weighted by Crippen LogP contribution is -2.35. The number of nitrogens with zero attached hydrogens (tertiary/aromatic N) is 2. The molecule has 78 valence electrons. The minimum absolute atomic E-state index is 0.0250. The molecule has 0 aliphatic heterocycles. The van der Waals surface area contributed by atoms with Crippen LogP contribution in [0.5, 0.6) is 0 Å². The number of amides is 1. The highest BCUT2D eigenvalue weighted by Crippen LogP contribution is 1.99. The van der Waals surface area contributed by atoms with Crippen molar-refractivity contribution in [1.82, 2.24) is 14.9 Å². The van der Waals surface area contributed by atoms with Gasteiger partial charge in [0.15, 0.2) is 0 Å². The smallest absolute Gasteiger partial charge is 0.239 e. The highest BCUT2D eigenvalue weighted by atomic mass is 16.1. The third-order valence-electron chi connectivity index (χ3n) is 1.68. The summed E-state index contributed by atoms with van der Waals surface area (Å²) in [7, 11) is 1.87. The number of aryl methyl sites for hydroxylation is 1. The molecule has 0 atom stereocenters. The Hall–Kier alpha value is -1.52. The average Bonchev–Trinajstić information content (AvgIpc) is 2.46. The molecule has 1 amide bonds. The highest BCUT2D eigenvalue weighted by molar-refractivity contribution is 5.80. The second kappa shape index (κ2) is 4.64. The number of rotatable bonds is 4. The quantitative estimate of drug-likeness (QED) is 0.731. The highest BCUT2D eigenvalue weighted by Gasteiger charge is 2.04. The van der Waals surface area contributed by atoms with Crippen LogP contribution in [0.2, 0.25) is 0 Å². The van der Waals surface area contributed by atoms with E-state index in [1.54, 1.807) is 6.20 Å². The maximum Gasteiger partial charge on any atom is 0.239 e. The molecular formula is C9H16N4O. The number of hydrogen-bond donors (Lipinski definition) is 2. The largest absolute Gasteiger partial charge is 0.352 e. The van der Waals surface area contributed by atoms with Gasteiger partial charge in [-0.3, -0.25) is 4.79 Å². The van der Waals surface area contributed by atoms with Crippen molar-refractivity contribution < 1.29 is 4.79 Å². The van der Waals surface area contributed by atoms with Crippen molar-refractivity contribution in [1.29, 1.82) is 0 Å². The first-order chi connectivity index (χ1) is 6.59. The van der Waals surface area contributed by atoms with E-state index in [0.717, 1.165) is 0 Å². The Bertz CT molecular complexity index is 306. The van der Waals surface area contributed by atoms with Gasteiger partial charge in [-0.05, 0) is 13.8 Å². The number of hydrogen-bond acceptors (Lipinski definition) is 3. The van der Waals surface area contributed by atoms with E-state index in [0.29, 0.717) is 5.95 Å². The summed E-state index contributed by atoms with van der Waals surface area (Å²) in [5.41, 5.74) is 0. The van der Waals surface area contributed by atoms with Gasteiger partial charge in [0.2, 0.25) is 11.9 Å². The molecule has 5 nitrogen and oxygen atoms in total. The summed E-state index contributed by atoms with van der Waals surface area (Å²) in [6.07, 6.45) is 3.51. The molecule has 1 heterocycles. The van der Waals surface area contributed by atoms with Crippen LogP contribution in [0.15, 0.2) is 12.4 Å². The Kier molecular flexibility index (Phi) is 3.50. The van der Waals surface area contributed by atoms with E-state index in [-0.39, 0.29) is 18.5 Å². The number of imidazole rings is 1. The van der Waals surface area contributed by atoms with E-state index in [2.05, 4.69) is 15.6 Å². The summed E-state index contributed by atoms with van der Waals surface area (Å²) >= 11 is 0. The molecule has 5 heteroatoms. The minimum atomic E-state index is -0.0250. The minimum Gasteiger partial charge on any atom is -0.352 e. The molecule has 1 rings (SSSR count). The SMILES string of the molecule is CC(C)NC(=O)CNc1nccn1C. The summed E-state index contributed by atoms with van der Waals surface area (Å²) in [5.74, 6) is 0.673. The van der Waals surface area contributed by atoms with Crippen LogP contribution in [0.25, 0.3) is 0 Å². The zero-order valence-corrected chi connectivity index (χ0v) is 8.74. The molecule has 0 aliphatic rings. The first kappa shape index (κ1) is 10.6. The zero-order chi connectivity index (χ0) is 10.6. The van der Waals surface area contributed by atoms with E-state index in [9.17, 15) is 4.79 Å². The number of nitrogens with one attached hydrogen (secondary N) is 2. The fourth-order valence-corrected chi connectivity index (χ4v) is 1.07. The van der Waals surface area contributed by atoms with Gasteiger partial charge in [-0.1, -0.05) is 0 Å². The molecule has 0 fully saturated rings. The van der Waals surface area contributed by atoms with Crippen LogP contribution in [0.4, 0.5) is 5.95 Å². The van der Waals surface area contributed by atoms with Gasteiger partial charge in [-0.25, -0.2) is 4.98 Å². The molecular weight excluding hydrogens is 180 g/mol. The summed E-state index contributed by atoms with van der Waals surface area (Å²) in [5, 5.41) is 5.72. The van der Waals surface area contributed by atoms with E-state index in [1.165, 1.54) is 0 Å². The van der Waals surface area contributed by atoms with Gasteiger partial charge >= 0.3 is 0 Å². The molecule has 0 bridgehead atoms. The van der Waals surface area contributed by atoms with Gasteiger partial charge in [-0.2, -0.15) is 0 Å². The third-order valence-corrected chi connectivity index (χ3v) is 1.68. The lowest BCUT2D eigenvalue weighted by Gasteiger charge is -2.09. The second-order valence-corrected chi connectivity index (χ2v) is 3.44. The van der Waals surface area contributed by atoms with Gasteiger partial charge in [-0.15, -0.1) is 0 Å². The van der Waals surface area contributed by atoms with E-state index < -0.39 is 0 Å². The Morgan fingerprint density at radius 3 is 2.86 bits per heavy atom. The monoisotopic (exact) mass is 196 g/mol. The summed E-state index contributed by atoms with van der Waals surface area (Å²) < 4.78 is 1.82. The van der Waals surface area contributed by atoms with Crippen molar-refractivity contribution in [2.45, 2.75) is 19.9 Å². The van der Waals surface area contributed by atoms with Crippen molar-refractivity contribution >= 4 is 11.9 Å². The Morgan fingerprint density at radius 2 is 2.36 bits per heavy atom. The van der Waals surface area contributed by atoms with Crippen LogP contribution < -0.4 is 10.6 Å². The van der Waals surface area contributed by atoms with Crippen LogP contribution >= 0.6 is 0 Å². The van der Waals surface area contributed by atoms with Crippen LogP contribution in [-0.4, -0.2) is 28.0 Å². The molecule has 14 heavy (non-hydrogen) atoms. The normalized spacial score (nSPS) is 10.3. The Morgan fingerprint density at radius 1 is 1.64 bits per heavy atom. The molecule has 2 N–H and O–H groups in total. The van der Waals surface area contributed by atoms with Gasteiger partial charge in [0.25, 0.3) is 0 Å². The predicted molar refractivity (Wildman–Crippen MR) is 55.0 cm³/mol. The maximum absolute atomic E-state index is 11.2. The summed E-state index contributed by atoms with van der Waals surface area (Å²) in [6.45, 7) is 4.11. The molecule has 1 aromatic rings. The molecule has 0 saturated carbocycles. The van der Waals surface area contributed by atoms with Crippen LogP contribution in [0.3, 0.4) is 0 Å². The number of carbonyl (C=O) groups is 1. The van der Waals surface area contributed by atoms with Crippen LogP contribution in [0, 0.1) is 0 Å². The summed E-state index contributed by atoms with van der Waals surface area (Å²) in [6, 6.07) is 0.172. The molecule has 0 saturated heterocycles. The van der Waals surface area contributed by atoms with Crippen molar-refractivity contribution in [3.05, 3.63) is 12.4 Å². The van der Waals surface area contributed by atoms with Crippen molar-refractivity contribution in [2.75, 3.05) is 11.9 Å². The van der Waals surface area contributed by atoms with Gasteiger partial charge in [0.05, 0.1) is 6.54 Å². The Balaban J connectivity index is 2.34. The third kappa shape index (κ3) is 3.08. The fraction of sp³-hybridized carbons (Fsp3) is 0.556. The summed E-state index contributed by atoms with van der Waals surface area (Å²) in [4.78, 5) is 15.3. The topological polar surface area (TPSA) is 59.0 Å². The molecule has 0 spiro atoms. The lowest BCUT2D eigenvalue weighted by atomic mass is 10.4. The van der Waals surface area contributed by atoms with E-state index in [4.69, 9.17) is 0 Å². The first-order valence-corrected chi connectivity index (χ1v) is 4.60. The first-order valence-electron chi connectivity index (χ1n) is 4.60. The standard InChI is InChI=1S/C9H16N4O/c1-7(2)12-8(14)6-11-9-10-4-5-13(9)3/h4-5,7H,6H2,1-3H3,(H,10,11)(H,12,14). The molecule has 0 aromatic carbocycles. The second-order valence-electron chi connectivity index (χ2n) is 3.44. The Labute approximate surface area is 83.5 Å². The van der Waals surface area contributed by atoms with E-state index in [1.807, 2.05) is 31.7 Å². The maximum atomic E-state index is 11.2. The van der Waals surface area contributed by atoms with Gasteiger partial charge < -0.3 is 15.2 Å². The van der Waals surface area contributed by atoms with Crippen molar-refractivity contribution in [3.8, 4) is 0 Å². The molecule has 0 aliphatic carbocycles. The number of carbonyl (C=O) groups excluding carboxylic acids is 1. The molecule has 0 unspecified atom stereocenters. The average molecular weight is 196 g/mol. The fourth-order valence-electron chi connectivity index (χ4n) is 1.07. The van der Waals surface area contributed by atoms with Gasteiger partial charge in [0, 0.05) is 25.5 Å². The zero-order valence-electron chi connectivity index (χ0n) is 8.74. The van der Waals surface area contributed by atoms with Crippen molar-refractivity contribution in [3.63, 3.8) is 0 Å². The molecule has 1 aromatic heterocycles. The lowest BCUT2D eigenvalue weighted by molar-refractivity contribution is -0.119. The van der Waals surface area contributed by atoms with Crippen LogP contribution in [0.1, 0.15) is 13.8 Å². The predicted octanol–water partition coefficient (Wildman–Crippen LogP) is 0.357. The number of anilines is 1. The molecule has 0 radical (unpaired) electrons.